The van der Waals surface area contributed by atoms with E-state index in [4.69, 9.17) is 4.74 Å². The highest BCUT2D eigenvalue weighted by atomic mass is 16.5. The standard InChI is InChI=1S/C53H93NO5/c1-4-7-10-13-16-19-22-24-26-27-28-30-32-35-38-41-44-49(59-53(58)46-43-40-37-34-31-29-25-23-20-17-14-11-8-5-2)47-52(57)54-50(48-55)51(56)45-42-39-36-33-21-18-15-12-9-6-3/h10,13,16,19,22,24,26-31,49-51,55-56H,4-9,11-12,14-15,17-18,20-21,23,25,32-48H2,1-3H3,(H,54,57)/b13-10+,19-16+,24-22+,27-26+,30-28+,31-29-. The number of aliphatic hydroxyl groups is 2. The molecule has 6 nitrogen and oxygen atoms in total. The van der Waals surface area contributed by atoms with E-state index in [0.29, 0.717) is 19.3 Å². The molecule has 0 aromatic carbocycles. The number of hydrogen-bond acceptors (Lipinski definition) is 5. The van der Waals surface area contributed by atoms with Crippen LogP contribution in [0.5, 0.6) is 0 Å². The van der Waals surface area contributed by atoms with Crippen LogP contribution in [0.4, 0.5) is 0 Å². The topological polar surface area (TPSA) is 95.9 Å². The lowest BCUT2D eigenvalue weighted by Gasteiger charge is -2.24. The number of aliphatic hydroxyl groups excluding tert-OH is 2. The van der Waals surface area contributed by atoms with Gasteiger partial charge in [0.05, 0.1) is 25.2 Å². The van der Waals surface area contributed by atoms with E-state index >= 15 is 0 Å². The molecule has 0 radical (unpaired) electrons. The number of rotatable bonds is 43. The summed E-state index contributed by atoms with van der Waals surface area (Å²) in [7, 11) is 0. The molecule has 0 saturated carbocycles. The normalized spacial score (nSPS) is 13.9. The van der Waals surface area contributed by atoms with Gasteiger partial charge in [0.15, 0.2) is 0 Å². The molecule has 0 aliphatic carbocycles. The molecule has 0 fully saturated rings. The Bertz CT molecular complexity index is 1110. The number of esters is 1. The largest absolute Gasteiger partial charge is 0.462 e. The second kappa shape index (κ2) is 46.4. The third kappa shape index (κ3) is 41.8. The van der Waals surface area contributed by atoms with Crippen molar-refractivity contribution >= 4 is 11.9 Å². The zero-order valence-electron chi connectivity index (χ0n) is 38.6. The molecule has 3 N–H and O–H groups in total. The van der Waals surface area contributed by atoms with Crippen LogP contribution in [0.1, 0.15) is 226 Å². The monoisotopic (exact) mass is 824 g/mol. The Kier molecular flexibility index (Phi) is 44.2. The van der Waals surface area contributed by atoms with E-state index in [-0.39, 0.29) is 24.9 Å². The van der Waals surface area contributed by atoms with Crippen LogP contribution < -0.4 is 5.32 Å². The molecule has 0 aromatic heterocycles. The van der Waals surface area contributed by atoms with Crippen molar-refractivity contribution in [2.45, 2.75) is 244 Å². The van der Waals surface area contributed by atoms with Gasteiger partial charge in [0.25, 0.3) is 0 Å². The van der Waals surface area contributed by atoms with Crippen LogP contribution in [0.25, 0.3) is 0 Å². The maximum Gasteiger partial charge on any atom is 0.306 e. The molecule has 3 unspecified atom stereocenters. The van der Waals surface area contributed by atoms with Gasteiger partial charge in [0.2, 0.25) is 5.91 Å². The summed E-state index contributed by atoms with van der Waals surface area (Å²) in [5.74, 6) is -0.538. The minimum atomic E-state index is -0.803. The Hall–Kier alpha value is -2.70. The smallest absolute Gasteiger partial charge is 0.306 e. The fourth-order valence-electron chi connectivity index (χ4n) is 7.10. The molecule has 0 spiro atoms. The van der Waals surface area contributed by atoms with E-state index in [1.807, 2.05) is 36.5 Å². The van der Waals surface area contributed by atoms with Crippen molar-refractivity contribution in [2.75, 3.05) is 6.61 Å². The van der Waals surface area contributed by atoms with Crippen molar-refractivity contribution in [3.63, 3.8) is 0 Å². The lowest BCUT2D eigenvalue weighted by Crippen LogP contribution is -2.46. The number of nitrogens with one attached hydrogen (secondary N) is 1. The zero-order valence-corrected chi connectivity index (χ0v) is 38.6. The highest BCUT2D eigenvalue weighted by molar-refractivity contribution is 5.77. The van der Waals surface area contributed by atoms with Gasteiger partial charge >= 0.3 is 5.97 Å². The van der Waals surface area contributed by atoms with E-state index in [2.05, 4.69) is 62.5 Å². The van der Waals surface area contributed by atoms with Gasteiger partial charge in [-0.3, -0.25) is 9.59 Å². The molecule has 1 amide bonds. The summed E-state index contributed by atoms with van der Waals surface area (Å²) >= 11 is 0. The molecule has 0 aliphatic heterocycles. The van der Waals surface area contributed by atoms with Crippen molar-refractivity contribution in [1.82, 2.24) is 5.32 Å². The van der Waals surface area contributed by atoms with E-state index in [1.165, 1.54) is 96.3 Å². The van der Waals surface area contributed by atoms with Crippen LogP contribution in [-0.2, 0) is 14.3 Å². The Balaban J connectivity index is 4.74. The summed E-state index contributed by atoms with van der Waals surface area (Å²) < 4.78 is 5.90. The Morgan fingerprint density at radius 2 is 0.915 bits per heavy atom. The molecule has 3 atom stereocenters. The summed E-state index contributed by atoms with van der Waals surface area (Å²) in [4.78, 5) is 26.1. The third-order valence-corrected chi connectivity index (χ3v) is 10.9. The number of unbranched alkanes of at least 4 members (excludes halogenated alkanes) is 23. The fourth-order valence-corrected chi connectivity index (χ4v) is 7.10. The van der Waals surface area contributed by atoms with Gasteiger partial charge in [-0.25, -0.2) is 0 Å². The first-order valence-electron chi connectivity index (χ1n) is 24.7. The molecule has 0 aromatic rings. The molecule has 340 valence electrons. The predicted molar refractivity (Wildman–Crippen MR) is 255 cm³/mol. The van der Waals surface area contributed by atoms with Crippen LogP contribution in [-0.4, -0.2) is 46.9 Å². The summed E-state index contributed by atoms with van der Waals surface area (Å²) in [5.41, 5.74) is 0. The van der Waals surface area contributed by atoms with Crippen molar-refractivity contribution in [3.05, 3.63) is 72.9 Å². The van der Waals surface area contributed by atoms with Gasteiger partial charge in [-0.2, -0.15) is 0 Å². The number of carbonyl (C=O) groups is 2. The number of carbonyl (C=O) groups excluding carboxylic acids is 2. The van der Waals surface area contributed by atoms with Crippen LogP contribution in [0, 0.1) is 0 Å². The second-order valence-corrected chi connectivity index (χ2v) is 16.6. The van der Waals surface area contributed by atoms with Crippen molar-refractivity contribution in [2.24, 2.45) is 0 Å². The van der Waals surface area contributed by atoms with Gasteiger partial charge in [0, 0.05) is 6.42 Å². The summed E-state index contributed by atoms with van der Waals surface area (Å²) in [6.45, 7) is 6.35. The average Bonchev–Trinajstić information content (AvgIpc) is 3.23. The lowest BCUT2D eigenvalue weighted by atomic mass is 10.0. The minimum absolute atomic E-state index is 0.0409. The first kappa shape index (κ1) is 56.3. The Morgan fingerprint density at radius 1 is 0.492 bits per heavy atom. The SMILES string of the molecule is CCC/C=C/C=C/C=C/C=C/C=C/CCCCCC(CC(=O)NC(CO)C(O)CCCCCCCCCCCC)OC(=O)CCCCC/C=C\CCCCCCCCC. The first-order valence-corrected chi connectivity index (χ1v) is 24.7. The van der Waals surface area contributed by atoms with Gasteiger partial charge in [-0.1, -0.05) is 216 Å². The van der Waals surface area contributed by atoms with Crippen LogP contribution >= 0.6 is 0 Å². The van der Waals surface area contributed by atoms with E-state index in [9.17, 15) is 19.8 Å². The number of hydrogen-bond donors (Lipinski definition) is 3. The summed E-state index contributed by atoms with van der Waals surface area (Å²) in [6.07, 6.45) is 58.1. The quantitative estimate of drug-likeness (QED) is 0.0246. The predicted octanol–water partition coefficient (Wildman–Crippen LogP) is 14.6. The maximum absolute atomic E-state index is 13.2. The molecule has 59 heavy (non-hydrogen) atoms. The summed E-state index contributed by atoms with van der Waals surface area (Å²) in [5, 5.41) is 23.7. The molecule has 0 rings (SSSR count). The van der Waals surface area contributed by atoms with E-state index < -0.39 is 18.2 Å². The Morgan fingerprint density at radius 3 is 1.44 bits per heavy atom. The molecule has 6 heteroatoms. The first-order chi connectivity index (χ1) is 29.0. The van der Waals surface area contributed by atoms with Gasteiger partial charge in [-0.15, -0.1) is 0 Å². The number of allylic oxidation sites excluding steroid dienone is 12. The van der Waals surface area contributed by atoms with Gasteiger partial charge in [0.1, 0.15) is 6.10 Å². The maximum atomic E-state index is 13.2. The minimum Gasteiger partial charge on any atom is -0.462 e. The van der Waals surface area contributed by atoms with Crippen LogP contribution in [0.3, 0.4) is 0 Å². The molecule has 0 aliphatic rings. The van der Waals surface area contributed by atoms with Crippen molar-refractivity contribution in [3.8, 4) is 0 Å². The molecule has 0 saturated heterocycles. The highest BCUT2D eigenvalue weighted by Gasteiger charge is 2.24. The third-order valence-electron chi connectivity index (χ3n) is 10.9. The zero-order chi connectivity index (χ0) is 43.1. The number of ether oxygens (including phenoxy) is 1. The van der Waals surface area contributed by atoms with Crippen molar-refractivity contribution in [1.29, 1.82) is 0 Å². The van der Waals surface area contributed by atoms with Crippen LogP contribution in [0.2, 0.25) is 0 Å². The fraction of sp³-hybridized carbons (Fsp3) is 0.736. The highest BCUT2D eigenvalue weighted by Crippen LogP contribution is 2.17. The molecule has 0 bridgehead atoms. The van der Waals surface area contributed by atoms with Gasteiger partial charge < -0.3 is 20.3 Å². The molecular weight excluding hydrogens is 731 g/mol. The second-order valence-electron chi connectivity index (χ2n) is 16.6. The number of amides is 1. The van der Waals surface area contributed by atoms with E-state index in [0.717, 1.165) is 83.5 Å². The average molecular weight is 824 g/mol. The van der Waals surface area contributed by atoms with Crippen molar-refractivity contribution < 1.29 is 24.5 Å². The Labute approximate surface area is 364 Å². The lowest BCUT2D eigenvalue weighted by molar-refractivity contribution is -0.151. The van der Waals surface area contributed by atoms with Crippen LogP contribution in [0.15, 0.2) is 72.9 Å². The summed E-state index contributed by atoms with van der Waals surface area (Å²) in [6, 6.07) is -0.720. The van der Waals surface area contributed by atoms with Gasteiger partial charge in [-0.05, 0) is 70.6 Å². The molecular formula is C53H93NO5. The van der Waals surface area contributed by atoms with E-state index in [1.54, 1.807) is 0 Å². The molecule has 0 heterocycles.